The molecule has 4 nitrogen and oxygen atoms in total. The molecule has 0 aliphatic rings. The quantitative estimate of drug-likeness (QED) is 0.731. The van der Waals surface area contributed by atoms with Gasteiger partial charge in [-0.25, -0.2) is 0 Å². The summed E-state index contributed by atoms with van der Waals surface area (Å²) >= 11 is 4.89. The lowest BCUT2D eigenvalue weighted by Gasteiger charge is -2.10. The lowest BCUT2D eigenvalue weighted by Crippen LogP contribution is -2.14. The summed E-state index contributed by atoms with van der Waals surface area (Å²) in [6.45, 7) is 1.98. The van der Waals surface area contributed by atoms with Gasteiger partial charge >= 0.3 is 0 Å². The minimum absolute atomic E-state index is 0.0495. The van der Waals surface area contributed by atoms with Gasteiger partial charge in [0.25, 0.3) is 0 Å². The summed E-state index contributed by atoms with van der Waals surface area (Å²) in [4.78, 5) is 13.0. The first-order valence-corrected chi connectivity index (χ1v) is 8.72. The number of nitrogens with one attached hydrogen (secondary N) is 1. The van der Waals surface area contributed by atoms with Crippen molar-refractivity contribution in [1.29, 1.82) is 0 Å². The largest absolute Gasteiger partial charge is 0.493 e. The molecule has 1 N–H and O–H groups in total. The Bertz CT molecular complexity index is 706. The number of ether oxygens (including phenoxy) is 2. The minimum atomic E-state index is -0.0495. The Hall–Kier alpha value is -1.66. The number of rotatable bonds is 6. The first-order chi connectivity index (χ1) is 11.0. The second kappa shape index (κ2) is 8.26. The molecule has 2 rings (SSSR count). The molecule has 0 spiro atoms. The number of halogens is 1. The molecule has 0 aromatic heterocycles. The summed E-state index contributed by atoms with van der Waals surface area (Å²) in [7, 11) is 3.19. The zero-order valence-electron chi connectivity index (χ0n) is 13.2. The van der Waals surface area contributed by atoms with E-state index in [4.69, 9.17) is 9.47 Å². The molecular weight excluding hydrogens is 378 g/mol. The second-order valence-electron chi connectivity index (χ2n) is 4.82. The van der Waals surface area contributed by atoms with Gasteiger partial charge in [0.05, 0.1) is 20.0 Å². The molecule has 2 aromatic carbocycles. The third-order valence-electron chi connectivity index (χ3n) is 3.17. The lowest BCUT2D eigenvalue weighted by molar-refractivity contribution is -0.113. The van der Waals surface area contributed by atoms with E-state index in [2.05, 4.69) is 21.2 Å². The van der Waals surface area contributed by atoms with Crippen LogP contribution in [0.1, 0.15) is 5.56 Å². The molecule has 0 aliphatic carbocycles. The van der Waals surface area contributed by atoms with Gasteiger partial charge in [0, 0.05) is 15.1 Å². The number of carbonyl (C=O) groups excluding carboxylic acids is 1. The van der Waals surface area contributed by atoms with E-state index >= 15 is 0 Å². The molecule has 0 saturated carbocycles. The summed E-state index contributed by atoms with van der Waals surface area (Å²) in [5.41, 5.74) is 1.87. The molecule has 0 aliphatic heterocycles. The Kier molecular flexibility index (Phi) is 6.36. The van der Waals surface area contributed by atoms with Gasteiger partial charge in [-0.15, -0.1) is 11.8 Å². The van der Waals surface area contributed by atoms with Crippen LogP contribution in [-0.2, 0) is 4.79 Å². The molecule has 0 saturated heterocycles. The number of methoxy groups -OCH3 is 2. The fraction of sp³-hybridized carbons (Fsp3) is 0.235. The molecule has 0 fully saturated rings. The van der Waals surface area contributed by atoms with Crippen LogP contribution in [0.3, 0.4) is 0 Å². The van der Waals surface area contributed by atoms with Gasteiger partial charge in [0.2, 0.25) is 5.91 Å². The normalized spacial score (nSPS) is 10.3. The predicted molar refractivity (Wildman–Crippen MR) is 97.8 cm³/mol. The van der Waals surface area contributed by atoms with E-state index < -0.39 is 0 Å². The smallest absolute Gasteiger partial charge is 0.234 e. The van der Waals surface area contributed by atoms with Crippen molar-refractivity contribution in [2.75, 3.05) is 25.3 Å². The van der Waals surface area contributed by atoms with E-state index in [1.165, 1.54) is 11.8 Å². The topological polar surface area (TPSA) is 47.6 Å². The molecule has 0 radical (unpaired) electrons. The minimum Gasteiger partial charge on any atom is -0.493 e. The van der Waals surface area contributed by atoms with Crippen molar-refractivity contribution in [3.63, 3.8) is 0 Å². The maximum absolute atomic E-state index is 12.1. The van der Waals surface area contributed by atoms with Crippen molar-refractivity contribution in [3.8, 4) is 11.5 Å². The van der Waals surface area contributed by atoms with Gasteiger partial charge in [-0.2, -0.15) is 0 Å². The Labute approximate surface area is 148 Å². The summed E-state index contributed by atoms with van der Waals surface area (Å²) in [5, 5.41) is 2.89. The lowest BCUT2D eigenvalue weighted by atomic mass is 10.2. The number of hydrogen-bond acceptors (Lipinski definition) is 4. The number of amides is 1. The van der Waals surface area contributed by atoms with Crippen molar-refractivity contribution >= 4 is 39.3 Å². The van der Waals surface area contributed by atoms with Gasteiger partial charge in [0.15, 0.2) is 11.5 Å². The van der Waals surface area contributed by atoms with Crippen molar-refractivity contribution in [2.45, 2.75) is 11.8 Å². The molecule has 122 valence electrons. The van der Waals surface area contributed by atoms with Crippen LogP contribution in [0.4, 0.5) is 5.69 Å². The van der Waals surface area contributed by atoms with Crippen molar-refractivity contribution < 1.29 is 14.3 Å². The maximum atomic E-state index is 12.1. The average Bonchev–Trinajstić information content (AvgIpc) is 2.56. The highest BCUT2D eigenvalue weighted by Gasteiger charge is 2.08. The van der Waals surface area contributed by atoms with Crippen LogP contribution in [0.25, 0.3) is 0 Å². The standard InChI is InChI=1S/C17H18BrNO3S/c1-11-8-12(4-6-14(11)18)19-17(20)10-23-13-5-7-15(21-2)16(9-13)22-3/h4-9H,10H2,1-3H3,(H,19,20). The molecule has 1 amide bonds. The Morgan fingerprint density at radius 1 is 1.13 bits per heavy atom. The van der Waals surface area contributed by atoms with Gasteiger partial charge in [-0.3, -0.25) is 4.79 Å². The van der Waals surface area contributed by atoms with Gasteiger partial charge in [0.1, 0.15) is 0 Å². The zero-order valence-corrected chi connectivity index (χ0v) is 15.6. The maximum Gasteiger partial charge on any atom is 0.234 e. The van der Waals surface area contributed by atoms with Gasteiger partial charge in [-0.1, -0.05) is 15.9 Å². The first-order valence-electron chi connectivity index (χ1n) is 6.94. The molecule has 6 heteroatoms. The van der Waals surface area contributed by atoms with E-state index in [0.29, 0.717) is 17.3 Å². The van der Waals surface area contributed by atoms with Crippen LogP contribution in [0.15, 0.2) is 45.8 Å². The third-order valence-corrected chi connectivity index (χ3v) is 5.05. The highest BCUT2D eigenvalue weighted by Crippen LogP contribution is 2.31. The monoisotopic (exact) mass is 395 g/mol. The molecular formula is C17H18BrNO3S. The molecule has 2 aromatic rings. The molecule has 0 atom stereocenters. The van der Waals surface area contributed by atoms with Crippen LogP contribution in [0.5, 0.6) is 11.5 Å². The molecule has 23 heavy (non-hydrogen) atoms. The number of benzene rings is 2. The zero-order chi connectivity index (χ0) is 16.8. The number of thioether (sulfide) groups is 1. The first kappa shape index (κ1) is 17.7. The van der Waals surface area contributed by atoms with E-state index in [1.807, 2.05) is 43.3 Å². The second-order valence-corrected chi connectivity index (χ2v) is 6.72. The number of aryl methyl sites for hydroxylation is 1. The third kappa shape index (κ3) is 4.91. The fourth-order valence-electron chi connectivity index (χ4n) is 1.97. The molecule has 0 unspecified atom stereocenters. The van der Waals surface area contributed by atoms with Crippen LogP contribution in [0.2, 0.25) is 0 Å². The van der Waals surface area contributed by atoms with Crippen molar-refractivity contribution in [1.82, 2.24) is 0 Å². The summed E-state index contributed by atoms with van der Waals surface area (Å²) in [6.07, 6.45) is 0. The predicted octanol–water partition coefficient (Wildman–Crippen LogP) is 4.51. The van der Waals surface area contributed by atoms with E-state index in [9.17, 15) is 4.79 Å². The summed E-state index contributed by atoms with van der Waals surface area (Å²) in [6, 6.07) is 11.3. The Morgan fingerprint density at radius 2 is 1.87 bits per heavy atom. The van der Waals surface area contributed by atoms with Crippen LogP contribution in [-0.4, -0.2) is 25.9 Å². The van der Waals surface area contributed by atoms with Crippen molar-refractivity contribution in [2.24, 2.45) is 0 Å². The molecule has 0 heterocycles. The fourth-order valence-corrected chi connectivity index (χ4v) is 2.95. The summed E-state index contributed by atoms with van der Waals surface area (Å²) in [5.74, 6) is 1.60. The Morgan fingerprint density at radius 3 is 2.52 bits per heavy atom. The number of carbonyl (C=O) groups is 1. The van der Waals surface area contributed by atoms with Gasteiger partial charge in [-0.05, 0) is 48.9 Å². The van der Waals surface area contributed by atoms with Gasteiger partial charge < -0.3 is 14.8 Å². The van der Waals surface area contributed by atoms with E-state index in [-0.39, 0.29) is 5.91 Å². The summed E-state index contributed by atoms with van der Waals surface area (Å²) < 4.78 is 11.5. The number of anilines is 1. The highest BCUT2D eigenvalue weighted by molar-refractivity contribution is 9.10. The SMILES string of the molecule is COc1ccc(SCC(=O)Nc2ccc(Br)c(C)c2)cc1OC. The van der Waals surface area contributed by atoms with Crippen molar-refractivity contribution in [3.05, 3.63) is 46.4 Å². The van der Waals surface area contributed by atoms with Crippen LogP contribution in [0, 0.1) is 6.92 Å². The van der Waals surface area contributed by atoms with Crippen LogP contribution < -0.4 is 14.8 Å². The highest BCUT2D eigenvalue weighted by atomic mass is 79.9. The average molecular weight is 396 g/mol. The van der Waals surface area contributed by atoms with E-state index in [1.54, 1.807) is 14.2 Å². The number of hydrogen-bond donors (Lipinski definition) is 1. The van der Waals surface area contributed by atoms with E-state index in [0.717, 1.165) is 20.6 Å². The van der Waals surface area contributed by atoms with Crippen LogP contribution >= 0.6 is 27.7 Å². The molecule has 0 bridgehead atoms. The Balaban J connectivity index is 1.95.